The SMILES string of the molecule is CCC#CC(C)Oc1nc(N[C@@H](C)c2ccc(F)cc2)cc(-c2c(N)nn3cccnc23)n1. The number of hydrogen-bond acceptors (Lipinski definition) is 7. The molecule has 0 spiro atoms. The Hall–Kier alpha value is -4.19. The molecule has 1 aromatic carbocycles. The van der Waals surface area contributed by atoms with Crippen LogP contribution in [0, 0.1) is 17.7 Å². The summed E-state index contributed by atoms with van der Waals surface area (Å²) >= 11 is 0. The molecule has 1 unspecified atom stereocenters. The van der Waals surface area contributed by atoms with E-state index in [1.807, 2.05) is 20.8 Å². The fourth-order valence-corrected chi connectivity index (χ4v) is 3.32. The second kappa shape index (κ2) is 9.53. The van der Waals surface area contributed by atoms with Crippen LogP contribution in [0.15, 0.2) is 48.8 Å². The Morgan fingerprint density at radius 2 is 2.00 bits per heavy atom. The van der Waals surface area contributed by atoms with Crippen LogP contribution >= 0.6 is 0 Å². The van der Waals surface area contributed by atoms with Gasteiger partial charge in [-0.1, -0.05) is 30.9 Å². The van der Waals surface area contributed by atoms with Crippen LogP contribution in [0.25, 0.3) is 16.9 Å². The number of benzene rings is 1. The van der Waals surface area contributed by atoms with Crippen molar-refractivity contribution in [1.29, 1.82) is 0 Å². The standard InChI is InChI=1S/C24H24FN7O/c1-4-5-7-15(2)33-24-29-19(21-22(26)31-32-13-6-12-27-23(21)32)14-20(30-24)28-16(3)17-8-10-18(25)11-9-17/h6,8-16H,4H2,1-3H3,(H2,26,31)(H,28,29,30)/t15?,16-/m0/s1. The van der Waals surface area contributed by atoms with Gasteiger partial charge < -0.3 is 15.8 Å². The summed E-state index contributed by atoms with van der Waals surface area (Å²) in [7, 11) is 0. The van der Waals surface area contributed by atoms with Gasteiger partial charge in [0.15, 0.2) is 17.6 Å². The Kier molecular flexibility index (Phi) is 6.36. The van der Waals surface area contributed by atoms with Crippen molar-refractivity contribution in [2.45, 2.75) is 39.3 Å². The van der Waals surface area contributed by atoms with Gasteiger partial charge in [-0.15, -0.1) is 5.10 Å². The van der Waals surface area contributed by atoms with E-state index in [0.717, 1.165) is 12.0 Å². The number of nitrogen functional groups attached to an aromatic ring is 1. The number of nitrogens with two attached hydrogens (primary N) is 1. The quantitative estimate of drug-likeness (QED) is 0.427. The maximum Gasteiger partial charge on any atom is 0.320 e. The molecular formula is C24H24FN7O. The molecule has 3 N–H and O–H groups in total. The molecule has 0 radical (unpaired) electrons. The molecule has 0 bridgehead atoms. The minimum Gasteiger partial charge on any atom is -0.447 e. The second-order valence-corrected chi connectivity index (χ2v) is 7.42. The van der Waals surface area contributed by atoms with E-state index in [4.69, 9.17) is 10.5 Å². The lowest BCUT2D eigenvalue weighted by molar-refractivity contribution is 0.256. The van der Waals surface area contributed by atoms with Gasteiger partial charge in [-0.05, 0) is 37.6 Å². The summed E-state index contributed by atoms with van der Waals surface area (Å²) in [4.78, 5) is 13.5. The van der Waals surface area contributed by atoms with E-state index >= 15 is 0 Å². The van der Waals surface area contributed by atoms with E-state index in [-0.39, 0.29) is 23.7 Å². The van der Waals surface area contributed by atoms with Gasteiger partial charge >= 0.3 is 6.01 Å². The zero-order valence-electron chi connectivity index (χ0n) is 18.6. The van der Waals surface area contributed by atoms with Gasteiger partial charge in [-0.2, -0.15) is 9.97 Å². The van der Waals surface area contributed by atoms with Crippen molar-refractivity contribution in [2.75, 3.05) is 11.1 Å². The summed E-state index contributed by atoms with van der Waals surface area (Å²) in [6.45, 7) is 5.75. The number of nitrogens with one attached hydrogen (secondary N) is 1. The van der Waals surface area contributed by atoms with Crippen molar-refractivity contribution in [3.8, 4) is 29.1 Å². The predicted octanol–water partition coefficient (Wildman–Crippen LogP) is 4.26. The summed E-state index contributed by atoms with van der Waals surface area (Å²) in [6, 6.07) is 9.82. The zero-order valence-corrected chi connectivity index (χ0v) is 18.6. The molecule has 9 heteroatoms. The van der Waals surface area contributed by atoms with Gasteiger partial charge in [0.05, 0.1) is 11.3 Å². The van der Waals surface area contributed by atoms with Gasteiger partial charge in [-0.3, -0.25) is 0 Å². The molecule has 168 valence electrons. The first-order valence-electron chi connectivity index (χ1n) is 10.6. The van der Waals surface area contributed by atoms with Crippen LogP contribution in [0.3, 0.4) is 0 Å². The summed E-state index contributed by atoms with van der Waals surface area (Å²) in [5.41, 5.74) is 8.76. The average Bonchev–Trinajstić information content (AvgIpc) is 3.13. The van der Waals surface area contributed by atoms with Crippen LogP contribution in [0.5, 0.6) is 6.01 Å². The molecule has 0 aliphatic heterocycles. The van der Waals surface area contributed by atoms with E-state index in [0.29, 0.717) is 22.7 Å². The highest BCUT2D eigenvalue weighted by Gasteiger charge is 2.19. The average molecular weight is 446 g/mol. The third-order valence-electron chi connectivity index (χ3n) is 4.88. The topological polar surface area (TPSA) is 103 Å². The fraction of sp³-hybridized carbons (Fsp3) is 0.250. The molecule has 33 heavy (non-hydrogen) atoms. The first-order chi connectivity index (χ1) is 15.9. The highest BCUT2D eigenvalue weighted by Crippen LogP contribution is 2.31. The molecule has 4 aromatic rings. The molecule has 2 atom stereocenters. The van der Waals surface area contributed by atoms with Gasteiger partial charge in [-0.25, -0.2) is 13.9 Å². The monoisotopic (exact) mass is 445 g/mol. The van der Waals surface area contributed by atoms with E-state index in [1.54, 1.807) is 41.2 Å². The minimum atomic E-state index is -0.401. The van der Waals surface area contributed by atoms with Gasteiger partial charge in [0.2, 0.25) is 0 Å². The molecule has 0 aliphatic rings. The highest BCUT2D eigenvalue weighted by atomic mass is 19.1. The molecule has 8 nitrogen and oxygen atoms in total. The molecule has 3 aromatic heterocycles. The van der Waals surface area contributed by atoms with E-state index in [1.165, 1.54) is 12.1 Å². The van der Waals surface area contributed by atoms with Crippen molar-refractivity contribution < 1.29 is 9.13 Å². The lowest BCUT2D eigenvalue weighted by atomic mass is 10.1. The largest absolute Gasteiger partial charge is 0.447 e. The van der Waals surface area contributed by atoms with Crippen molar-refractivity contribution in [3.05, 3.63) is 60.2 Å². The number of halogens is 1. The predicted molar refractivity (Wildman–Crippen MR) is 125 cm³/mol. The number of fused-ring (bicyclic) bond motifs is 1. The third kappa shape index (κ3) is 5.01. The first-order valence-corrected chi connectivity index (χ1v) is 10.6. The Labute approximate surface area is 191 Å². The van der Waals surface area contributed by atoms with E-state index in [2.05, 4.69) is 37.2 Å². The first kappa shape index (κ1) is 22.0. The molecule has 4 rings (SSSR count). The Balaban J connectivity index is 1.74. The molecule has 0 saturated heterocycles. The van der Waals surface area contributed by atoms with Crippen LogP contribution in [-0.4, -0.2) is 30.7 Å². The fourth-order valence-electron chi connectivity index (χ4n) is 3.32. The van der Waals surface area contributed by atoms with Crippen LogP contribution in [0.2, 0.25) is 0 Å². The second-order valence-electron chi connectivity index (χ2n) is 7.42. The molecular weight excluding hydrogens is 421 g/mol. The van der Waals surface area contributed by atoms with Gasteiger partial charge in [0, 0.05) is 30.9 Å². The van der Waals surface area contributed by atoms with Crippen molar-refractivity contribution in [3.63, 3.8) is 0 Å². The van der Waals surface area contributed by atoms with Crippen LogP contribution in [0.4, 0.5) is 16.0 Å². The Bertz CT molecular complexity index is 1320. The normalized spacial score (nSPS) is 12.6. The van der Waals surface area contributed by atoms with Crippen LogP contribution < -0.4 is 15.8 Å². The number of nitrogens with zero attached hydrogens (tertiary/aromatic N) is 5. The van der Waals surface area contributed by atoms with Gasteiger partial charge in [0.1, 0.15) is 11.6 Å². The molecule has 0 aliphatic carbocycles. The Morgan fingerprint density at radius 1 is 1.21 bits per heavy atom. The van der Waals surface area contributed by atoms with Crippen LogP contribution in [0.1, 0.15) is 38.8 Å². The number of hydrogen-bond donors (Lipinski definition) is 2. The molecule has 3 heterocycles. The summed E-state index contributed by atoms with van der Waals surface area (Å²) in [5, 5.41) is 7.65. The maximum atomic E-state index is 13.3. The summed E-state index contributed by atoms with van der Waals surface area (Å²) in [6.07, 6.45) is 3.75. The molecule has 0 amide bonds. The highest BCUT2D eigenvalue weighted by molar-refractivity contribution is 5.85. The lowest BCUT2D eigenvalue weighted by Gasteiger charge is -2.17. The summed E-state index contributed by atoms with van der Waals surface area (Å²) < 4.78 is 20.8. The number of aromatic nitrogens is 5. The van der Waals surface area contributed by atoms with Crippen molar-refractivity contribution in [1.82, 2.24) is 24.6 Å². The third-order valence-corrected chi connectivity index (χ3v) is 4.88. The minimum absolute atomic E-state index is 0.147. The van der Waals surface area contributed by atoms with E-state index in [9.17, 15) is 4.39 Å². The Morgan fingerprint density at radius 3 is 2.76 bits per heavy atom. The van der Waals surface area contributed by atoms with Crippen LogP contribution in [-0.2, 0) is 0 Å². The number of anilines is 2. The smallest absolute Gasteiger partial charge is 0.320 e. The number of ether oxygens (including phenoxy) is 1. The van der Waals surface area contributed by atoms with Crippen molar-refractivity contribution in [2.24, 2.45) is 0 Å². The lowest BCUT2D eigenvalue weighted by Crippen LogP contribution is -2.14. The van der Waals surface area contributed by atoms with E-state index < -0.39 is 6.10 Å². The molecule has 0 fully saturated rings. The van der Waals surface area contributed by atoms with Crippen molar-refractivity contribution >= 4 is 17.3 Å². The zero-order chi connectivity index (χ0) is 23.4. The number of rotatable bonds is 6. The summed E-state index contributed by atoms with van der Waals surface area (Å²) in [5.74, 6) is 6.51. The molecule has 0 saturated carbocycles. The van der Waals surface area contributed by atoms with Gasteiger partial charge in [0.25, 0.3) is 0 Å². The maximum absolute atomic E-state index is 13.3.